The van der Waals surface area contributed by atoms with Crippen LogP contribution in [0.2, 0.25) is 0 Å². The van der Waals surface area contributed by atoms with Crippen LogP contribution in [0.5, 0.6) is 5.75 Å². The maximum atomic E-state index is 13.2. The van der Waals surface area contributed by atoms with Gasteiger partial charge in [-0.1, -0.05) is 48.5 Å². The van der Waals surface area contributed by atoms with Gasteiger partial charge in [-0.2, -0.15) is 0 Å². The lowest BCUT2D eigenvalue weighted by Crippen LogP contribution is -2.53. The minimum atomic E-state index is -0.572. The first kappa shape index (κ1) is 21.6. The van der Waals surface area contributed by atoms with Crippen LogP contribution in [0.4, 0.5) is 5.69 Å². The molecular formula is C27H31N3O3. The summed E-state index contributed by atoms with van der Waals surface area (Å²) >= 11 is 0. The Labute approximate surface area is 195 Å². The number of carbonyl (C=O) groups is 2. The molecule has 1 atom stereocenters. The quantitative estimate of drug-likeness (QED) is 0.722. The largest absolute Gasteiger partial charge is 0.477 e. The molecule has 0 bridgehead atoms. The maximum Gasteiger partial charge on any atom is 0.265 e. The molecule has 2 amide bonds. The predicted molar refractivity (Wildman–Crippen MR) is 129 cm³/mol. The standard InChI is InChI=1S/C27H31N3O3/c31-26(28-17-13-22(14-18-28)21-9-3-1-4-10-21)20-30-19-25(27(32)29-15-7-2-8-16-29)33-24-12-6-5-11-23(24)30/h1,3-6,9-13,25H,2,7-8,14-20H2/t25-/m1/s1. The van der Waals surface area contributed by atoms with Crippen LogP contribution in [0.25, 0.3) is 5.57 Å². The average molecular weight is 446 g/mol. The lowest BCUT2D eigenvalue weighted by molar-refractivity contribution is -0.140. The number of anilines is 1. The van der Waals surface area contributed by atoms with Crippen LogP contribution in [-0.4, -0.2) is 67.0 Å². The van der Waals surface area contributed by atoms with Crippen molar-refractivity contribution in [3.05, 3.63) is 66.2 Å². The Balaban J connectivity index is 1.27. The highest BCUT2D eigenvalue weighted by molar-refractivity contribution is 5.87. The third kappa shape index (κ3) is 4.75. The van der Waals surface area contributed by atoms with E-state index in [4.69, 9.17) is 4.74 Å². The van der Waals surface area contributed by atoms with Gasteiger partial charge in [0.05, 0.1) is 18.8 Å². The topological polar surface area (TPSA) is 53.1 Å². The number of rotatable bonds is 4. The highest BCUT2D eigenvalue weighted by atomic mass is 16.5. The molecule has 33 heavy (non-hydrogen) atoms. The summed E-state index contributed by atoms with van der Waals surface area (Å²) in [5.74, 6) is 0.797. The molecule has 0 aromatic heterocycles. The molecule has 0 N–H and O–H groups in total. The molecule has 0 spiro atoms. The Morgan fingerprint density at radius 2 is 1.64 bits per heavy atom. The van der Waals surface area contributed by atoms with Crippen molar-refractivity contribution in [3.8, 4) is 5.75 Å². The molecular weight excluding hydrogens is 414 g/mol. The van der Waals surface area contributed by atoms with Crippen molar-refractivity contribution in [1.82, 2.24) is 9.80 Å². The van der Waals surface area contributed by atoms with E-state index in [1.165, 1.54) is 17.6 Å². The van der Waals surface area contributed by atoms with E-state index in [9.17, 15) is 9.59 Å². The number of fused-ring (bicyclic) bond motifs is 1. The Bertz CT molecular complexity index is 1030. The number of amides is 2. The fourth-order valence-electron chi connectivity index (χ4n) is 4.98. The van der Waals surface area contributed by atoms with Crippen molar-refractivity contribution in [2.24, 2.45) is 0 Å². The molecule has 1 saturated heterocycles. The van der Waals surface area contributed by atoms with Gasteiger partial charge in [0, 0.05) is 26.2 Å². The van der Waals surface area contributed by atoms with Crippen LogP contribution in [-0.2, 0) is 9.59 Å². The molecule has 0 aliphatic carbocycles. The Hall–Kier alpha value is -3.28. The number of carbonyl (C=O) groups excluding carboxylic acids is 2. The molecule has 1 fully saturated rings. The molecule has 2 aromatic rings. The number of hydrogen-bond donors (Lipinski definition) is 0. The number of hydrogen-bond acceptors (Lipinski definition) is 4. The molecule has 3 aliphatic rings. The van der Waals surface area contributed by atoms with Crippen LogP contribution in [0.1, 0.15) is 31.2 Å². The molecule has 0 unspecified atom stereocenters. The molecule has 3 heterocycles. The zero-order valence-corrected chi connectivity index (χ0v) is 19.0. The Morgan fingerprint density at radius 1 is 0.879 bits per heavy atom. The molecule has 5 rings (SSSR count). The molecule has 6 heteroatoms. The minimum absolute atomic E-state index is 0.0371. The van der Waals surface area contributed by atoms with Crippen molar-refractivity contribution < 1.29 is 14.3 Å². The summed E-state index contributed by atoms with van der Waals surface area (Å²) in [6.07, 6.45) is 5.71. The number of para-hydroxylation sites is 2. The van der Waals surface area contributed by atoms with Crippen molar-refractivity contribution in [2.45, 2.75) is 31.8 Å². The van der Waals surface area contributed by atoms with Gasteiger partial charge in [0.2, 0.25) is 5.91 Å². The van der Waals surface area contributed by atoms with Gasteiger partial charge in [0.1, 0.15) is 5.75 Å². The first-order valence-electron chi connectivity index (χ1n) is 12.0. The highest BCUT2D eigenvalue weighted by Gasteiger charge is 2.35. The van der Waals surface area contributed by atoms with Crippen LogP contribution in [0.15, 0.2) is 60.7 Å². The number of piperidine rings is 1. The molecule has 3 aliphatic heterocycles. The van der Waals surface area contributed by atoms with Gasteiger partial charge in [-0.05, 0) is 49.0 Å². The van der Waals surface area contributed by atoms with E-state index in [-0.39, 0.29) is 18.4 Å². The third-order valence-corrected chi connectivity index (χ3v) is 6.84. The SMILES string of the molecule is O=C(CN1C[C@H](C(=O)N2CCCCC2)Oc2ccccc21)N1CC=C(c2ccccc2)CC1. The fourth-order valence-corrected chi connectivity index (χ4v) is 4.98. The molecule has 2 aromatic carbocycles. The second kappa shape index (κ2) is 9.69. The second-order valence-corrected chi connectivity index (χ2v) is 9.03. The van der Waals surface area contributed by atoms with Crippen LogP contribution in [0, 0.1) is 0 Å². The average Bonchev–Trinajstić information content (AvgIpc) is 2.89. The zero-order valence-electron chi connectivity index (χ0n) is 19.0. The van der Waals surface area contributed by atoms with Crippen LogP contribution < -0.4 is 9.64 Å². The normalized spacial score (nSPS) is 20.5. The highest BCUT2D eigenvalue weighted by Crippen LogP contribution is 2.34. The van der Waals surface area contributed by atoms with Gasteiger partial charge in [0.25, 0.3) is 5.91 Å². The summed E-state index contributed by atoms with van der Waals surface area (Å²) in [6.45, 7) is 3.56. The molecule has 0 radical (unpaired) electrons. The van der Waals surface area contributed by atoms with E-state index in [1.807, 2.05) is 57.2 Å². The monoisotopic (exact) mass is 445 g/mol. The summed E-state index contributed by atoms with van der Waals surface area (Å²) < 4.78 is 6.10. The number of nitrogens with zero attached hydrogens (tertiary/aromatic N) is 3. The van der Waals surface area contributed by atoms with Crippen molar-refractivity contribution in [1.29, 1.82) is 0 Å². The van der Waals surface area contributed by atoms with Gasteiger partial charge >= 0.3 is 0 Å². The second-order valence-electron chi connectivity index (χ2n) is 9.03. The molecule has 172 valence electrons. The first-order chi connectivity index (χ1) is 16.2. The summed E-state index contributed by atoms with van der Waals surface area (Å²) in [4.78, 5) is 32.2. The zero-order chi connectivity index (χ0) is 22.6. The summed E-state index contributed by atoms with van der Waals surface area (Å²) in [7, 11) is 0. The van der Waals surface area contributed by atoms with Crippen molar-refractivity contribution in [2.75, 3.05) is 44.2 Å². The smallest absolute Gasteiger partial charge is 0.265 e. The first-order valence-corrected chi connectivity index (χ1v) is 12.0. The fraction of sp³-hybridized carbons (Fsp3) is 0.407. The minimum Gasteiger partial charge on any atom is -0.477 e. The Kier molecular flexibility index (Phi) is 6.33. The van der Waals surface area contributed by atoms with Crippen LogP contribution in [0.3, 0.4) is 0 Å². The number of benzene rings is 2. The van der Waals surface area contributed by atoms with E-state index in [1.54, 1.807) is 0 Å². The van der Waals surface area contributed by atoms with Gasteiger partial charge in [-0.15, -0.1) is 0 Å². The van der Waals surface area contributed by atoms with Gasteiger partial charge in [-0.25, -0.2) is 0 Å². The summed E-state index contributed by atoms with van der Waals surface area (Å²) in [5, 5.41) is 0. The van der Waals surface area contributed by atoms with Crippen LogP contribution >= 0.6 is 0 Å². The maximum absolute atomic E-state index is 13.2. The summed E-state index contributed by atoms with van der Waals surface area (Å²) in [5.41, 5.74) is 3.40. The molecule has 6 nitrogen and oxygen atoms in total. The lowest BCUT2D eigenvalue weighted by Gasteiger charge is -2.39. The van der Waals surface area contributed by atoms with Gasteiger partial charge < -0.3 is 19.4 Å². The van der Waals surface area contributed by atoms with E-state index >= 15 is 0 Å². The number of ether oxygens (including phenoxy) is 1. The molecule has 0 saturated carbocycles. The van der Waals surface area contributed by atoms with E-state index < -0.39 is 6.10 Å². The lowest BCUT2D eigenvalue weighted by atomic mass is 9.99. The van der Waals surface area contributed by atoms with Crippen molar-refractivity contribution in [3.63, 3.8) is 0 Å². The Morgan fingerprint density at radius 3 is 2.39 bits per heavy atom. The van der Waals surface area contributed by atoms with Gasteiger partial charge in [0.15, 0.2) is 6.10 Å². The number of likely N-dealkylation sites (tertiary alicyclic amines) is 1. The van der Waals surface area contributed by atoms with E-state index in [0.717, 1.165) is 38.0 Å². The third-order valence-electron chi connectivity index (χ3n) is 6.84. The van der Waals surface area contributed by atoms with E-state index in [0.29, 0.717) is 25.4 Å². The van der Waals surface area contributed by atoms with Gasteiger partial charge in [-0.3, -0.25) is 9.59 Å². The summed E-state index contributed by atoms with van der Waals surface area (Å²) in [6, 6.07) is 18.1. The van der Waals surface area contributed by atoms with Crippen molar-refractivity contribution >= 4 is 23.1 Å². The predicted octanol–water partition coefficient (Wildman–Crippen LogP) is 3.58. The van der Waals surface area contributed by atoms with E-state index in [2.05, 4.69) is 18.2 Å².